The normalized spacial score (nSPS) is 13.5. The Bertz CT molecular complexity index is 915. The Morgan fingerprint density at radius 1 is 1.12 bits per heavy atom. The maximum atomic E-state index is 6.39. The van der Waals surface area contributed by atoms with E-state index in [1.54, 1.807) is 11.8 Å². The minimum Gasteiger partial charge on any atom is -0.489 e. The van der Waals surface area contributed by atoms with Crippen molar-refractivity contribution < 1.29 is 9.47 Å². The largest absolute Gasteiger partial charge is 0.489 e. The molecule has 0 amide bonds. The zero-order valence-corrected chi connectivity index (χ0v) is 15.9. The summed E-state index contributed by atoms with van der Waals surface area (Å²) >= 11 is 8.00. The number of benzene rings is 2. The highest BCUT2D eigenvalue weighted by atomic mass is 35.5. The highest BCUT2D eigenvalue weighted by Gasteiger charge is 2.17. The molecule has 0 spiro atoms. The van der Waals surface area contributed by atoms with Gasteiger partial charge in [-0.25, -0.2) is 0 Å². The average Bonchev–Trinajstić information content (AvgIpc) is 2.86. The van der Waals surface area contributed by atoms with Crippen LogP contribution in [0.3, 0.4) is 0 Å². The van der Waals surface area contributed by atoms with Crippen LogP contribution in [0, 0.1) is 6.92 Å². The zero-order valence-electron chi connectivity index (χ0n) is 14.3. The number of fused-ring (bicyclic) bond motifs is 1. The number of hydrogen-bond acceptors (Lipinski definition) is 5. The molecule has 4 rings (SSSR count). The Kier molecular flexibility index (Phi) is 5.04. The van der Waals surface area contributed by atoms with Gasteiger partial charge in [0, 0.05) is 17.9 Å². The Labute approximate surface area is 161 Å². The summed E-state index contributed by atoms with van der Waals surface area (Å²) in [6.45, 7) is 3.22. The van der Waals surface area contributed by atoms with Gasteiger partial charge in [0.05, 0.1) is 18.2 Å². The quantitative estimate of drug-likeness (QED) is 0.608. The molecule has 26 heavy (non-hydrogen) atoms. The van der Waals surface area contributed by atoms with Crippen molar-refractivity contribution in [3.8, 4) is 17.2 Å². The third-order valence-electron chi connectivity index (χ3n) is 4.04. The van der Waals surface area contributed by atoms with E-state index < -0.39 is 0 Å². The number of aromatic nitrogens is 3. The minimum absolute atomic E-state index is 0.584. The van der Waals surface area contributed by atoms with E-state index in [1.165, 1.54) is 0 Å². The number of rotatable bonds is 4. The van der Waals surface area contributed by atoms with Crippen molar-refractivity contribution >= 4 is 23.4 Å². The van der Waals surface area contributed by atoms with Crippen LogP contribution in [0.1, 0.15) is 17.8 Å². The molecule has 2 aromatic carbocycles. The molecular formula is C19H18ClN3O2S. The number of para-hydroxylation sites is 1. The summed E-state index contributed by atoms with van der Waals surface area (Å²) in [5.74, 6) is 2.92. The second-order valence-electron chi connectivity index (χ2n) is 5.94. The van der Waals surface area contributed by atoms with E-state index in [4.69, 9.17) is 21.1 Å². The van der Waals surface area contributed by atoms with Gasteiger partial charge < -0.3 is 9.47 Å². The Hall–Kier alpha value is -2.18. The molecule has 3 aromatic rings. The van der Waals surface area contributed by atoms with Crippen molar-refractivity contribution in [1.29, 1.82) is 0 Å². The lowest BCUT2D eigenvalue weighted by atomic mass is 10.2. The molecule has 0 bridgehead atoms. The molecule has 0 aliphatic carbocycles. The van der Waals surface area contributed by atoms with Crippen LogP contribution < -0.4 is 9.47 Å². The van der Waals surface area contributed by atoms with E-state index in [0.717, 1.165) is 28.7 Å². The lowest BCUT2D eigenvalue weighted by molar-refractivity contribution is 0.297. The van der Waals surface area contributed by atoms with Gasteiger partial charge in [-0.1, -0.05) is 41.6 Å². The summed E-state index contributed by atoms with van der Waals surface area (Å²) in [5.41, 5.74) is 2.11. The summed E-state index contributed by atoms with van der Waals surface area (Å²) in [4.78, 5) is 0. The second-order valence-corrected chi connectivity index (χ2v) is 7.29. The van der Waals surface area contributed by atoms with Gasteiger partial charge in [-0.2, -0.15) is 0 Å². The van der Waals surface area contributed by atoms with Gasteiger partial charge in [-0.05, 0) is 36.8 Å². The molecule has 0 atom stereocenters. The van der Waals surface area contributed by atoms with E-state index >= 15 is 0 Å². The first-order valence-electron chi connectivity index (χ1n) is 8.40. The number of aryl methyl sites for hydroxylation is 1. The molecular weight excluding hydrogens is 370 g/mol. The van der Waals surface area contributed by atoms with Crippen molar-refractivity contribution in [2.75, 3.05) is 13.2 Å². The molecule has 1 aliphatic rings. The van der Waals surface area contributed by atoms with Crippen LogP contribution in [0.4, 0.5) is 0 Å². The van der Waals surface area contributed by atoms with Gasteiger partial charge in [0.1, 0.15) is 5.82 Å². The number of thioether (sulfide) groups is 1. The molecule has 0 radical (unpaired) electrons. The fraction of sp³-hybridized carbons (Fsp3) is 0.263. The maximum Gasteiger partial charge on any atom is 0.196 e. The molecule has 0 saturated carbocycles. The smallest absolute Gasteiger partial charge is 0.196 e. The van der Waals surface area contributed by atoms with E-state index in [-0.39, 0.29) is 0 Å². The van der Waals surface area contributed by atoms with E-state index in [0.29, 0.717) is 35.5 Å². The van der Waals surface area contributed by atoms with Crippen LogP contribution in [0.5, 0.6) is 11.5 Å². The third-order valence-corrected chi connectivity index (χ3v) is 5.32. The SMILES string of the molecule is Cc1nnc(SCc2cc(Cl)c3c(c2)OCCCO3)n1-c1ccccc1. The van der Waals surface area contributed by atoms with Crippen LogP contribution in [0.25, 0.3) is 5.69 Å². The van der Waals surface area contributed by atoms with Gasteiger partial charge >= 0.3 is 0 Å². The summed E-state index contributed by atoms with van der Waals surface area (Å²) in [6, 6.07) is 14.0. The fourth-order valence-corrected chi connectivity index (χ4v) is 4.04. The third kappa shape index (κ3) is 3.52. The first-order valence-corrected chi connectivity index (χ1v) is 9.77. The van der Waals surface area contributed by atoms with Crippen LogP contribution in [-0.2, 0) is 5.75 Å². The first-order chi connectivity index (χ1) is 12.7. The topological polar surface area (TPSA) is 49.2 Å². The molecule has 0 fully saturated rings. The standard InChI is InChI=1S/C19H18ClN3O2S/c1-13-21-22-19(23(13)15-6-3-2-4-7-15)26-12-14-10-16(20)18-17(11-14)24-8-5-9-25-18/h2-4,6-7,10-11H,5,8-9,12H2,1H3. The van der Waals surface area contributed by atoms with Crippen molar-refractivity contribution in [2.45, 2.75) is 24.3 Å². The number of halogens is 1. The first kappa shape index (κ1) is 17.2. The van der Waals surface area contributed by atoms with Gasteiger partial charge in [0.25, 0.3) is 0 Å². The van der Waals surface area contributed by atoms with E-state index in [2.05, 4.69) is 14.8 Å². The Balaban J connectivity index is 1.57. The van der Waals surface area contributed by atoms with Crippen molar-refractivity contribution in [3.63, 3.8) is 0 Å². The molecule has 1 aromatic heterocycles. The lowest BCUT2D eigenvalue weighted by Gasteiger charge is -2.12. The van der Waals surface area contributed by atoms with E-state index in [1.807, 2.05) is 49.4 Å². The number of ether oxygens (including phenoxy) is 2. The highest BCUT2D eigenvalue weighted by Crippen LogP contribution is 2.39. The van der Waals surface area contributed by atoms with E-state index in [9.17, 15) is 0 Å². The average molecular weight is 388 g/mol. The molecule has 1 aliphatic heterocycles. The number of hydrogen-bond donors (Lipinski definition) is 0. The summed E-state index contributed by atoms with van der Waals surface area (Å²) < 4.78 is 13.5. The van der Waals surface area contributed by atoms with Crippen molar-refractivity contribution in [2.24, 2.45) is 0 Å². The maximum absolute atomic E-state index is 6.39. The van der Waals surface area contributed by atoms with Gasteiger partial charge in [0.2, 0.25) is 0 Å². The van der Waals surface area contributed by atoms with Crippen LogP contribution in [-0.4, -0.2) is 28.0 Å². The second kappa shape index (κ2) is 7.60. The Morgan fingerprint density at radius 2 is 1.92 bits per heavy atom. The summed E-state index contributed by atoms with van der Waals surface area (Å²) in [6.07, 6.45) is 0.856. The van der Waals surface area contributed by atoms with Crippen LogP contribution in [0.2, 0.25) is 5.02 Å². The zero-order chi connectivity index (χ0) is 17.9. The Morgan fingerprint density at radius 3 is 2.77 bits per heavy atom. The van der Waals surface area contributed by atoms with Gasteiger partial charge in [-0.3, -0.25) is 4.57 Å². The minimum atomic E-state index is 0.584. The lowest BCUT2D eigenvalue weighted by Crippen LogP contribution is -1.99. The van der Waals surface area contributed by atoms with Crippen LogP contribution >= 0.6 is 23.4 Å². The van der Waals surface area contributed by atoms with Crippen LogP contribution in [0.15, 0.2) is 47.6 Å². The van der Waals surface area contributed by atoms with Crippen molar-refractivity contribution in [1.82, 2.24) is 14.8 Å². The van der Waals surface area contributed by atoms with Crippen molar-refractivity contribution in [3.05, 3.63) is 58.9 Å². The molecule has 134 valence electrons. The molecule has 0 unspecified atom stereocenters. The molecule has 0 N–H and O–H groups in total. The molecule has 2 heterocycles. The van der Waals surface area contributed by atoms with Gasteiger partial charge in [-0.15, -0.1) is 10.2 Å². The monoisotopic (exact) mass is 387 g/mol. The fourth-order valence-electron chi connectivity index (χ4n) is 2.83. The molecule has 5 nitrogen and oxygen atoms in total. The summed E-state index contributed by atoms with van der Waals surface area (Å²) in [7, 11) is 0. The summed E-state index contributed by atoms with van der Waals surface area (Å²) in [5, 5.41) is 9.97. The predicted molar refractivity (Wildman–Crippen MR) is 103 cm³/mol. The number of nitrogens with zero attached hydrogens (tertiary/aromatic N) is 3. The predicted octanol–water partition coefficient (Wildman–Crippen LogP) is 4.68. The molecule has 7 heteroatoms. The van der Waals surface area contributed by atoms with Gasteiger partial charge in [0.15, 0.2) is 16.7 Å². The molecule has 0 saturated heterocycles. The highest BCUT2D eigenvalue weighted by molar-refractivity contribution is 7.98.